The lowest BCUT2D eigenvalue weighted by atomic mass is 9.96. The second-order valence-electron chi connectivity index (χ2n) is 7.98. The Morgan fingerprint density at radius 2 is 2.12 bits per heavy atom. The predicted octanol–water partition coefficient (Wildman–Crippen LogP) is 3.56. The van der Waals surface area contributed by atoms with Crippen LogP contribution in [0.3, 0.4) is 0 Å². The van der Waals surface area contributed by atoms with E-state index in [0.717, 1.165) is 36.1 Å². The monoisotopic (exact) mass is 467 g/mol. The van der Waals surface area contributed by atoms with Gasteiger partial charge in [0.15, 0.2) is 0 Å². The topological polar surface area (TPSA) is 105 Å². The number of fused-ring (bicyclic) bond motifs is 1. The molecule has 2 amide bonds. The van der Waals surface area contributed by atoms with Crippen molar-refractivity contribution < 1.29 is 19.1 Å². The number of dihydropyridines is 1. The molecular formula is C25H33N5O4. The van der Waals surface area contributed by atoms with E-state index >= 15 is 0 Å². The maximum absolute atomic E-state index is 13.1. The summed E-state index contributed by atoms with van der Waals surface area (Å²) in [5, 5.41) is 14.2. The molecule has 0 aromatic heterocycles. The summed E-state index contributed by atoms with van der Waals surface area (Å²) < 4.78 is 10.6. The van der Waals surface area contributed by atoms with Crippen LogP contribution in [0.15, 0.2) is 46.3 Å². The first-order valence-electron chi connectivity index (χ1n) is 11.7. The van der Waals surface area contributed by atoms with Gasteiger partial charge in [0.05, 0.1) is 31.2 Å². The number of carbonyl (C=O) groups is 2. The standard InChI is InChI=1S/C25H33N5O4/c1-4-6-7-12-26-27-16-20-9-8-10-23(28-20)29-24(31)21-14-19-17-30(25(32)34-5-2)13-11-18(19)15-22(21)33-3/h8-10,12,14-16,23,28H,4-7,11,13,17H2,1-3H3,(H,29,31)/b26-12+,27-16+. The van der Waals surface area contributed by atoms with Crippen LogP contribution in [0.1, 0.15) is 54.6 Å². The molecular weight excluding hydrogens is 434 g/mol. The van der Waals surface area contributed by atoms with Gasteiger partial charge in [0.2, 0.25) is 0 Å². The molecule has 2 aliphatic rings. The molecule has 2 N–H and O–H groups in total. The molecule has 9 heteroatoms. The van der Waals surface area contributed by atoms with Crippen LogP contribution in [-0.4, -0.2) is 55.8 Å². The number of nitrogens with one attached hydrogen (secondary N) is 2. The Labute approximate surface area is 200 Å². The van der Waals surface area contributed by atoms with Crippen LogP contribution in [-0.2, 0) is 17.7 Å². The van der Waals surface area contributed by atoms with Crippen LogP contribution in [0.2, 0.25) is 0 Å². The van der Waals surface area contributed by atoms with Crippen LogP contribution < -0.4 is 15.4 Å². The summed E-state index contributed by atoms with van der Waals surface area (Å²) in [6.45, 7) is 5.20. The van der Waals surface area contributed by atoms with E-state index in [-0.39, 0.29) is 12.0 Å². The van der Waals surface area contributed by atoms with E-state index in [0.29, 0.717) is 37.4 Å². The maximum Gasteiger partial charge on any atom is 0.410 e. The highest BCUT2D eigenvalue weighted by Crippen LogP contribution is 2.28. The highest BCUT2D eigenvalue weighted by Gasteiger charge is 2.25. The number of unbranched alkanes of at least 4 members (excludes halogenated alkanes) is 2. The van der Waals surface area contributed by atoms with Gasteiger partial charge in [-0.1, -0.05) is 19.4 Å². The molecule has 0 saturated heterocycles. The molecule has 34 heavy (non-hydrogen) atoms. The number of carbonyl (C=O) groups excluding carboxylic acids is 2. The third kappa shape index (κ3) is 6.69. The van der Waals surface area contributed by atoms with Crippen molar-refractivity contribution in [2.24, 2.45) is 10.2 Å². The van der Waals surface area contributed by atoms with Crippen molar-refractivity contribution in [3.63, 3.8) is 0 Å². The SMILES string of the molecule is CCCC/C=N/N=C/C1=CC=CC(NC(=O)c2cc3c(cc2OC)CCN(C(=O)OCC)C3)N1. The van der Waals surface area contributed by atoms with E-state index in [2.05, 4.69) is 27.8 Å². The van der Waals surface area contributed by atoms with E-state index in [1.54, 1.807) is 37.4 Å². The molecule has 0 radical (unpaired) electrons. The molecule has 1 aromatic carbocycles. The fourth-order valence-electron chi connectivity index (χ4n) is 3.73. The third-order valence-electron chi connectivity index (χ3n) is 5.52. The van der Waals surface area contributed by atoms with Gasteiger partial charge in [-0.05, 0) is 61.6 Å². The van der Waals surface area contributed by atoms with Crippen LogP contribution >= 0.6 is 0 Å². The lowest BCUT2D eigenvalue weighted by molar-refractivity contribution is 0.0937. The number of hydrogen-bond acceptors (Lipinski definition) is 7. The Balaban J connectivity index is 1.65. The highest BCUT2D eigenvalue weighted by molar-refractivity contribution is 5.97. The number of ether oxygens (including phenoxy) is 2. The number of methoxy groups -OCH3 is 1. The van der Waals surface area contributed by atoms with Gasteiger partial charge in [-0.15, -0.1) is 0 Å². The summed E-state index contributed by atoms with van der Waals surface area (Å²) in [6.07, 6.45) is 12.0. The molecule has 9 nitrogen and oxygen atoms in total. The molecule has 2 heterocycles. The van der Waals surface area contributed by atoms with Crippen LogP contribution in [0.25, 0.3) is 0 Å². The molecule has 3 rings (SSSR count). The lowest BCUT2D eigenvalue weighted by Crippen LogP contribution is -2.45. The maximum atomic E-state index is 13.1. The Morgan fingerprint density at radius 3 is 2.88 bits per heavy atom. The average molecular weight is 468 g/mol. The molecule has 0 spiro atoms. The lowest BCUT2D eigenvalue weighted by Gasteiger charge is -2.29. The Morgan fingerprint density at radius 1 is 1.26 bits per heavy atom. The van der Waals surface area contributed by atoms with Gasteiger partial charge in [-0.2, -0.15) is 10.2 Å². The smallest absolute Gasteiger partial charge is 0.410 e. The van der Waals surface area contributed by atoms with Crippen molar-refractivity contribution in [3.8, 4) is 5.75 Å². The average Bonchev–Trinajstić information content (AvgIpc) is 2.85. The molecule has 0 saturated carbocycles. The fourth-order valence-corrected chi connectivity index (χ4v) is 3.73. The second kappa shape index (κ2) is 12.6. The first kappa shape index (κ1) is 25.0. The third-order valence-corrected chi connectivity index (χ3v) is 5.52. The minimum Gasteiger partial charge on any atom is -0.496 e. The van der Waals surface area contributed by atoms with Crippen LogP contribution in [0, 0.1) is 0 Å². The van der Waals surface area contributed by atoms with Crippen LogP contribution in [0.5, 0.6) is 5.75 Å². The summed E-state index contributed by atoms with van der Waals surface area (Å²) in [5.74, 6) is 0.213. The van der Waals surface area contributed by atoms with Gasteiger partial charge < -0.3 is 25.0 Å². The van der Waals surface area contributed by atoms with Gasteiger partial charge >= 0.3 is 6.09 Å². The molecule has 1 atom stereocenters. The van der Waals surface area contributed by atoms with Crippen molar-refractivity contribution in [1.29, 1.82) is 0 Å². The van der Waals surface area contributed by atoms with E-state index in [1.807, 2.05) is 24.3 Å². The number of hydrogen-bond donors (Lipinski definition) is 2. The number of allylic oxidation sites excluding steroid dienone is 3. The minimum absolute atomic E-state index is 0.286. The molecule has 1 aromatic rings. The number of rotatable bonds is 9. The van der Waals surface area contributed by atoms with Crippen molar-refractivity contribution >= 4 is 24.4 Å². The molecule has 0 aliphatic carbocycles. The van der Waals surface area contributed by atoms with Gasteiger partial charge in [-0.25, -0.2) is 4.79 Å². The largest absolute Gasteiger partial charge is 0.496 e. The number of nitrogens with zero attached hydrogens (tertiary/aromatic N) is 3. The normalized spacial score (nSPS) is 17.3. The second-order valence-corrected chi connectivity index (χ2v) is 7.98. The zero-order chi connectivity index (χ0) is 24.3. The molecule has 1 unspecified atom stereocenters. The summed E-state index contributed by atoms with van der Waals surface area (Å²) in [4.78, 5) is 26.9. The summed E-state index contributed by atoms with van der Waals surface area (Å²) >= 11 is 0. The van der Waals surface area contributed by atoms with E-state index in [9.17, 15) is 9.59 Å². The summed E-state index contributed by atoms with van der Waals surface area (Å²) in [7, 11) is 1.54. The summed E-state index contributed by atoms with van der Waals surface area (Å²) in [6, 6.07) is 3.68. The Hall–Kier alpha value is -3.62. The quantitative estimate of drug-likeness (QED) is 0.328. The first-order chi connectivity index (χ1) is 16.5. The highest BCUT2D eigenvalue weighted by atomic mass is 16.6. The summed E-state index contributed by atoms with van der Waals surface area (Å²) in [5.41, 5.74) is 3.12. The minimum atomic E-state index is -0.417. The van der Waals surface area contributed by atoms with E-state index < -0.39 is 6.17 Å². The van der Waals surface area contributed by atoms with Crippen molar-refractivity contribution in [2.45, 2.75) is 52.2 Å². The number of benzene rings is 1. The van der Waals surface area contributed by atoms with Gasteiger partial charge in [0.1, 0.15) is 11.9 Å². The van der Waals surface area contributed by atoms with E-state index in [4.69, 9.17) is 9.47 Å². The first-order valence-corrected chi connectivity index (χ1v) is 11.7. The molecule has 0 bridgehead atoms. The zero-order valence-electron chi connectivity index (χ0n) is 20.0. The fraction of sp³-hybridized carbons (Fsp3) is 0.440. The van der Waals surface area contributed by atoms with Crippen molar-refractivity contribution in [1.82, 2.24) is 15.5 Å². The van der Waals surface area contributed by atoms with E-state index in [1.165, 1.54) is 0 Å². The predicted molar refractivity (Wildman–Crippen MR) is 132 cm³/mol. The van der Waals surface area contributed by atoms with Gasteiger partial charge in [-0.3, -0.25) is 4.79 Å². The molecule has 2 aliphatic heterocycles. The van der Waals surface area contributed by atoms with Gasteiger partial charge in [0.25, 0.3) is 5.91 Å². The Bertz CT molecular complexity index is 999. The molecule has 182 valence electrons. The molecule has 0 fully saturated rings. The van der Waals surface area contributed by atoms with Crippen molar-refractivity contribution in [2.75, 3.05) is 20.3 Å². The Kier molecular flexibility index (Phi) is 9.25. The van der Waals surface area contributed by atoms with Gasteiger partial charge in [0, 0.05) is 19.3 Å². The number of amides is 2. The van der Waals surface area contributed by atoms with Crippen molar-refractivity contribution in [3.05, 3.63) is 52.7 Å². The van der Waals surface area contributed by atoms with Crippen LogP contribution in [0.4, 0.5) is 4.79 Å². The zero-order valence-corrected chi connectivity index (χ0v) is 20.0.